The summed E-state index contributed by atoms with van der Waals surface area (Å²) in [6, 6.07) is 12.2. The summed E-state index contributed by atoms with van der Waals surface area (Å²) in [5.74, 6) is 2.12. The predicted molar refractivity (Wildman–Crippen MR) is 133 cm³/mol. The number of pyridine rings is 1. The Morgan fingerprint density at radius 1 is 1.17 bits per heavy atom. The molecule has 8 heteroatoms. The highest BCUT2D eigenvalue weighted by atomic mass is 127. The first kappa shape index (κ1) is 23.5. The SMILES string of the molecule is CN=C(NCCC(C)c1ccc(OC)cc1)NCc1cn2cc(Br)ccc2n1.I. The zero-order valence-corrected chi connectivity index (χ0v) is 20.8. The third kappa shape index (κ3) is 6.60. The summed E-state index contributed by atoms with van der Waals surface area (Å²) in [5, 5.41) is 6.70. The Kier molecular flexibility index (Phi) is 9.22. The van der Waals surface area contributed by atoms with E-state index in [2.05, 4.69) is 55.6 Å². The van der Waals surface area contributed by atoms with Crippen LogP contribution in [0.1, 0.15) is 30.5 Å². The molecular formula is C21H27BrIN5O. The highest BCUT2D eigenvalue weighted by Crippen LogP contribution is 2.21. The van der Waals surface area contributed by atoms with Crippen LogP contribution in [0.2, 0.25) is 0 Å². The number of nitrogens with zero attached hydrogens (tertiary/aromatic N) is 3. The zero-order valence-electron chi connectivity index (χ0n) is 16.9. The molecule has 29 heavy (non-hydrogen) atoms. The molecule has 1 aromatic carbocycles. The smallest absolute Gasteiger partial charge is 0.191 e. The van der Waals surface area contributed by atoms with Crippen LogP contribution >= 0.6 is 39.9 Å². The number of imidazole rings is 1. The number of hydrogen-bond donors (Lipinski definition) is 2. The number of aliphatic imine (C=N–C) groups is 1. The molecule has 6 nitrogen and oxygen atoms in total. The molecule has 1 unspecified atom stereocenters. The van der Waals surface area contributed by atoms with Crippen molar-refractivity contribution >= 4 is 51.5 Å². The quantitative estimate of drug-likeness (QED) is 0.247. The van der Waals surface area contributed by atoms with E-state index in [0.29, 0.717) is 12.5 Å². The van der Waals surface area contributed by atoms with Crippen LogP contribution in [-0.2, 0) is 6.54 Å². The number of benzene rings is 1. The van der Waals surface area contributed by atoms with Crippen molar-refractivity contribution < 1.29 is 4.74 Å². The highest BCUT2D eigenvalue weighted by Gasteiger charge is 2.07. The maximum absolute atomic E-state index is 5.22. The molecule has 3 aromatic rings. The molecule has 2 heterocycles. The number of halogens is 2. The Morgan fingerprint density at radius 2 is 1.93 bits per heavy atom. The zero-order chi connectivity index (χ0) is 19.9. The minimum atomic E-state index is 0. The van der Waals surface area contributed by atoms with Crippen LogP contribution in [0.4, 0.5) is 0 Å². The van der Waals surface area contributed by atoms with Crippen molar-refractivity contribution in [3.05, 3.63) is 64.5 Å². The largest absolute Gasteiger partial charge is 0.497 e. The summed E-state index contributed by atoms with van der Waals surface area (Å²) >= 11 is 3.48. The molecule has 0 saturated heterocycles. The van der Waals surface area contributed by atoms with Crippen molar-refractivity contribution in [1.29, 1.82) is 0 Å². The minimum absolute atomic E-state index is 0. The summed E-state index contributed by atoms with van der Waals surface area (Å²) < 4.78 is 8.26. The van der Waals surface area contributed by atoms with Gasteiger partial charge in [0, 0.05) is 30.5 Å². The van der Waals surface area contributed by atoms with Crippen molar-refractivity contribution in [3.63, 3.8) is 0 Å². The second-order valence-electron chi connectivity index (χ2n) is 6.66. The molecule has 0 aliphatic rings. The van der Waals surface area contributed by atoms with E-state index in [4.69, 9.17) is 4.74 Å². The Balaban J connectivity index is 0.00000300. The van der Waals surface area contributed by atoms with Crippen molar-refractivity contribution in [2.24, 2.45) is 4.99 Å². The van der Waals surface area contributed by atoms with E-state index in [0.717, 1.165) is 40.5 Å². The van der Waals surface area contributed by atoms with Gasteiger partial charge in [0.1, 0.15) is 11.4 Å². The topological polar surface area (TPSA) is 63.0 Å². The summed E-state index contributed by atoms with van der Waals surface area (Å²) in [7, 11) is 3.47. The van der Waals surface area contributed by atoms with Crippen LogP contribution in [0.15, 0.2) is 58.3 Å². The van der Waals surface area contributed by atoms with Gasteiger partial charge in [0.15, 0.2) is 5.96 Å². The standard InChI is InChI=1S/C21H26BrN5O.HI/c1-15(16-4-7-19(28-3)8-5-16)10-11-24-21(23-2)25-12-18-14-27-13-17(22)6-9-20(27)26-18;/h4-9,13-15H,10-12H2,1-3H3,(H2,23,24,25);1H. The van der Waals surface area contributed by atoms with Gasteiger partial charge in [-0.05, 0) is 58.1 Å². The van der Waals surface area contributed by atoms with Gasteiger partial charge in [-0.1, -0.05) is 19.1 Å². The third-order valence-electron chi connectivity index (χ3n) is 4.68. The van der Waals surface area contributed by atoms with E-state index in [1.54, 1.807) is 14.2 Å². The summed E-state index contributed by atoms with van der Waals surface area (Å²) in [5.41, 5.74) is 3.20. The second-order valence-corrected chi connectivity index (χ2v) is 7.58. The first-order chi connectivity index (χ1) is 13.6. The van der Waals surface area contributed by atoms with Gasteiger partial charge in [0.25, 0.3) is 0 Å². The maximum atomic E-state index is 5.22. The summed E-state index contributed by atoms with van der Waals surface area (Å²) in [6.07, 6.45) is 5.03. The maximum Gasteiger partial charge on any atom is 0.191 e. The van der Waals surface area contributed by atoms with Crippen LogP contribution in [0.25, 0.3) is 5.65 Å². The lowest BCUT2D eigenvalue weighted by molar-refractivity contribution is 0.414. The van der Waals surface area contributed by atoms with Gasteiger partial charge in [-0.25, -0.2) is 4.98 Å². The molecule has 0 spiro atoms. The predicted octanol–water partition coefficient (Wildman–Crippen LogP) is 4.58. The lowest BCUT2D eigenvalue weighted by Crippen LogP contribution is -2.37. The number of hydrogen-bond acceptors (Lipinski definition) is 3. The van der Waals surface area contributed by atoms with Gasteiger partial charge in [0.2, 0.25) is 0 Å². The van der Waals surface area contributed by atoms with Crippen molar-refractivity contribution in [3.8, 4) is 5.75 Å². The number of nitrogens with one attached hydrogen (secondary N) is 2. The highest BCUT2D eigenvalue weighted by molar-refractivity contribution is 14.0. The van der Waals surface area contributed by atoms with Crippen molar-refractivity contribution in [2.45, 2.75) is 25.8 Å². The third-order valence-corrected chi connectivity index (χ3v) is 5.15. The van der Waals surface area contributed by atoms with Gasteiger partial charge in [-0.15, -0.1) is 24.0 Å². The fraction of sp³-hybridized carbons (Fsp3) is 0.333. The van der Waals surface area contributed by atoms with E-state index in [1.165, 1.54) is 5.56 Å². The number of methoxy groups -OCH3 is 1. The monoisotopic (exact) mass is 571 g/mol. The average Bonchev–Trinajstić information content (AvgIpc) is 3.12. The molecule has 0 saturated carbocycles. The van der Waals surface area contributed by atoms with Crippen LogP contribution < -0.4 is 15.4 Å². The lowest BCUT2D eigenvalue weighted by atomic mass is 9.98. The van der Waals surface area contributed by atoms with E-state index in [9.17, 15) is 0 Å². The molecule has 2 N–H and O–H groups in total. The summed E-state index contributed by atoms with van der Waals surface area (Å²) in [6.45, 7) is 3.69. The van der Waals surface area contributed by atoms with Gasteiger partial charge >= 0.3 is 0 Å². The van der Waals surface area contributed by atoms with Crippen LogP contribution in [0.3, 0.4) is 0 Å². The van der Waals surface area contributed by atoms with Gasteiger partial charge in [0.05, 0.1) is 19.3 Å². The van der Waals surface area contributed by atoms with Gasteiger partial charge < -0.3 is 19.8 Å². The molecule has 0 aliphatic carbocycles. The fourth-order valence-corrected chi connectivity index (χ4v) is 3.36. The van der Waals surface area contributed by atoms with Crippen LogP contribution in [0.5, 0.6) is 5.75 Å². The minimum Gasteiger partial charge on any atom is -0.497 e. The van der Waals surface area contributed by atoms with Gasteiger partial charge in [-0.3, -0.25) is 4.99 Å². The molecule has 0 fully saturated rings. The number of guanidine groups is 1. The van der Waals surface area contributed by atoms with Crippen molar-refractivity contribution in [2.75, 3.05) is 20.7 Å². The number of fused-ring (bicyclic) bond motifs is 1. The van der Waals surface area contributed by atoms with Gasteiger partial charge in [-0.2, -0.15) is 0 Å². The average molecular weight is 572 g/mol. The van der Waals surface area contributed by atoms with E-state index < -0.39 is 0 Å². The number of aromatic nitrogens is 2. The molecule has 2 aromatic heterocycles. The Hall–Kier alpha value is -1.81. The molecular weight excluding hydrogens is 545 g/mol. The number of ether oxygens (including phenoxy) is 1. The Morgan fingerprint density at radius 3 is 2.62 bits per heavy atom. The second kappa shape index (κ2) is 11.4. The molecule has 0 aliphatic heterocycles. The molecule has 0 radical (unpaired) electrons. The molecule has 156 valence electrons. The van der Waals surface area contributed by atoms with Crippen LogP contribution in [-0.4, -0.2) is 36.0 Å². The Labute approximate surface area is 197 Å². The summed E-state index contributed by atoms with van der Waals surface area (Å²) in [4.78, 5) is 8.91. The van der Waals surface area contributed by atoms with Crippen molar-refractivity contribution in [1.82, 2.24) is 20.0 Å². The first-order valence-corrected chi connectivity index (χ1v) is 10.1. The molecule has 0 amide bonds. The molecule has 3 rings (SSSR count). The molecule has 1 atom stereocenters. The normalized spacial score (nSPS) is 12.3. The number of rotatable bonds is 7. The first-order valence-electron chi connectivity index (χ1n) is 9.30. The van der Waals surface area contributed by atoms with Crippen LogP contribution in [0, 0.1) is 0 Å². The lowest BCUT2D eigenvalue weighted by Gasteiger charge is -2.15. The molecule has 0 bridgehead atoms. The van der Waals surface area contributed by atoms with E-state index in [-0.39, 0.29) is 24.0 Å². The fourth-order valence-electron chi connectivity index (χ4n) is 3.00. The van der Waals surface area contributed by atoms with E-state index in [1.807, 2.05) is 41.1 Å². The van der Waals surface area contributed by atoms with E-state index >= 15 is 0 Å². The Bertz CT molecular complexity index is 942.